The first-order valence-corrected chi connectivity index (χ1v) is 26.1. The quantitative estimate of drug-likeness (QED) is 0.0304. The minimum atomic E-state index is -0.563. The normalized spacial score (nSPS) is 11.3. The molecule has 0 fully saturated rings. The summed E-state index contributed by atoms with van der Waals surface area (Å²) in [6, 6.07) is 8.16. The van der Waals surface area contributed by atoms with Crippen molar-refractivity contribution in [2.45, 2.75) is 226 Å². The van der Waals surface area contributed by atoms with Crippen LogP contribution in [0, 0.1) is 21.4 Å². The van der Waals surface area contributed by atoms with Crippen molar-refractivity contribution in [3.8, 4) is 11.8 Å². The number of halogens is 1. The molecule has 11 heteroatoms. The number of amides is 1. The van der Waals surface area contributed by atoms with Crippen molar-refractivity contribution in [3.05, 3.63) is 50.0 Å². The summed E-state index contributed by atoms with van der Waals surface area (Å²) in [7, 11) is 1.63. The van der Waals surface area contributed by atoms with Crippen LogP contribution in [0.4, 0.5) is 22.7 Å². The van der Waals surface area contributed by atoms with Gasteiger partial charge in [0, 0.05) is 31.3 Å². The maximum Gasteiger partial charge on any atom is 0.272 e. The summed E-state index contributed by atoms with van der Waals surface area (Å²) < 4.78 is 6.22. The number of ether oxygens (including phenoxy) is 1. The summed E-state index contributed by atoms with van der Waals surface area (Å²) in [5.74, 6) is 0.118. The first-order chi connectivity index (χ1) is 30.7. The maximum absolute atomic E-state index is 12.4. The molecule has 0 aliphatic heterocycles. The van der Waals surface area contributed by atoms with Crippen molar-refractivity contribution in [1.82, 2.24) is 0 Å². The van der Waals surface area contributed by atoms with E-state index in [1.165, 1.54) is 205 Å². The van der Waals surface area contributed by atoms with Gasteiger partial charge in [-0.2, -0.15) is 10.4 Å². The van der Waals surface area contributed by atoms with Crippen molar-refractivity contribution in [2.24, 2.45) is 16.0 Å². The Kier molecular flexibility index (Phi) is 32.5. The number of non-ortho nitro benzene ring substituents is 1. The number of primary amides is 1. The molecular weight excluding hydrogens is 853 g/mol. The fourth-order valence-electron chi connectivity index (χ4n) is 8.47. The van der Waals surface area contributed by atoms with Gasteiger partial charge in [-0.05, 0) is 40.4 Å². The van der Waals surface area contributed by atoms with Gasteiger partial charge in [0.15, 0.2) is 0 Å². The van der Waals surface area contributed by atoms with E-state index >= 15 is 0 Å². The summed E-state index contributed by atoms with van der Waals surface area (Å²) in [6.45, 7) is 6.32. The number of nitriles is 1. The number of nitro benzene ring substituents is 1. The Morgan fingerprint density at radius 1 is 0.667 bits per heavy atom. The molecule has 0 aliphatic rings. The van der Waals surface area contributed by atoms with E-state index < -0.39 is 10.8 Å². The third kappa shape index (κ3) is 25.5. The monoisotopic (exact) mass is 937 g/mol. The van der Waals surface area contributed by atoms with Gasteiger partial charge in [0.25, 0.3) is 5.69 Å². The number of nitrogens with zero attached hydrogens (tertiary/aromatic N) is 5. The number of rotatable bonds is 41. The first kappa shape index (κ1) is 55.6. The van der Waals surface area contributed by atoms with Crippen LogP contribution in [0.5, 0.6) is 5.75 Å². The lowest BCUT2D eigenvalue weighted by Gasteiger charge is -2.28. The molecule has 0 saturated heterocycles. The number of nitrogens with two attached hydrogens (primary N) is 1. The SMILES string of the molecule is CCCCCCCCCCCCCCCCCCN(CCCCCCCCCCCCCCCCCC)c1cc(CC(N)=O)c(N=Nc2c(Br)cc([N+](=O)[O-])cc2C#N)cc1OC. The van der Waals surface area contributed by atoms with E-state index in [9.17, 15) is 20.2 Å². The Balaban J connectivity index is 2.01. The van der Waals surface area contributed by atoms with Crippen LogP contribution in [-0.2, 0) is 11.2 Å². The number of hydrogen-bond acceptors (Lipinski definition) is 8. The van der Waals surface area contributed by atoms with Crippen molar-refractivity contribution >= 4 is 44.6 Å². The van der Waals surface area contributed by atoms with Crippen LogP contribution in [-0.4, -0.2) is 31.0 Å². The van der Waals surface area contributed by atoms with E-state index in [0.29, 0.717) is 17.0 Å². The molecule has 1 amide bonds. The summed E-state index contributed by atoms with van der Waals surface area (Å²) in [4.78, 5) is 25.6. The fourth-order valence-corrected chi connectivity index (χ4v) is 9.00. The Morgan fingerprint density at radius 2 is 1.06 bits per heavy atom. The first-order valence-electron chi connectivity index (χ1n) is 25.3. The molecule has 2 aromatic carbocycles. The summed E-state index contributed by atoms with van der Waals surface area (Å²) in [5, 5.41) is 29.9. The predicted molar refractivity (Wildman–Crippen MR) is 267 cm³/mol. The molecule has 0 aromatic heterocycles. The van der Waals surface area contributed by atoms with Gasteiger partial charge in [-0.25, -0.2) is 0 Å². The zero-order valence-electron chi connectivity index (χ0n) is 39.9. The van der Waals surface area contributed by atoms with Gasteiger partial charge in [-0.15, -0.1) is 5.11 Å². The van der Waals surface area contributed by atoms with Gasteiger partial charge in [0.1, 0.15) is 17.5 Å². The largest absolute Gasteiger partial charge is 0.495 e. The van der Waals surface area contributed by atoms with Gasteiger partial charge in [-0.3, -0.25) is 14.9 Å². The lowest BCUT2D eigenvalue weighted by atomic mass is 10.0. The van der Waals surface area contributed by atoms with Crippen LogP contribution in [0.25, 0.3) is 0 Å². The number of unbranched alkanes of at least 4 members (excludes halogenated alkanes) is 30. The molecular formula is C52H85BrN6O4. The van der Waals surface area contributed by atoms with E-state index in [1.54, 1.807) is 13.2 Å². The number of azo groups is 1. The Bertz CT molecular complexity index is 1580. The van der Waals surface area contributed by atoms with Crippen LogP contribution in [0.1, 0.15) is 230 Å². The van der Waals surface area contributed by atoms with Crippen molar-refractivity contribution < 1.29 is 14.5 Å². The number of benzene rings is 2. The molecule has 0 aliphatic carbocycles. The van der Waals surface area contributed by atoms with E-state index in [0.717, 1.165) is 31.6 Å². The second-order valence-electron chi connectivity index (χ2n) is 17.8. The highest BCUT2D eigenvalue weighted by molar-refractivity contribution is 9.10. The van der Waals surface area contributed by atoms with Gasteiger partial charge in [0.05, 0.1) is 39.9 Å². The van der Waals surface area contributed by atoms with Crippen LogP contribution in [0.2, 0.25) is 0 Å². The third-order valence-corrected chi connectivity index (χ3v) is 12.9. The van der Waals surface area contributed by atoms with E-state index in [4.69, 9.17) is 10.5 Å². The molecule has 0 bridgehead atoms. The molecule has 0 unspecified atom stereocenters. The highest BCUT2D eigenvalue weighted by Crippen LogP contribution is 2.39. The van der Waals surface area contributed by atoms with Crippen LogP contribution in [0.3, 0.4) is 0 Å². The van der Waals surface area contributed by atoms with Crippen molar-refractivity contribution in [3.63, 3.8) is 0 Å². The summed E-state index contributed by atoms with van der Waals surface area (Å²) >= 11 is 3.32. The molecule has 2 aromatic rings. The number of anilines is 1. The van der Waals surface area contributed by atoms with Gasteiger partial charge >= 0.3 is 0 Å². The van der Waals surface area contributed by atoms with Crippen molar-refractivity contribution in [2.75, 3.05) is 25.1 Å². The second-order valence-corrected chi connectivity index (χ2v) is 18.6. The standard InChI is InChI=1S/C52H85BrN6O4/c1-4-6-8-10-12-14-16-18-20-22-24-26-28-30-32-34-36-58(37-35-33-31-29-27-25-23-21-19-17-15-13-11-9-7-5-2)49-39-44(40-51(55)60)48(42-50(49)63-3)56-57-52-45(43-54)38-46(59(61)62)41-47(52)53/h38-39,41-42H,4-37,40H2,1-3H3,(H2,55,60). The summed E-state index contributed by atoms with van der Waals surface area (Å²) in [5.41, 5.74) is 7.57. The number of hydrogen-bond donors (Lipinski definition) is 1. The number of carbonyl (C=O) groups excluding carboxylic acids is 1. The third-order valence-electron chi connectivity index (χ3n) is 12.3. The zero-order chi connectivity index (χ0) is 45.8. The highest BCUT2D eigenvalue weighted by atomic mass is 79.9. The average molecular weight is 938 g/mol. The van der Waals surface area contributed by atoms with E-state index in [-0.39, 0.29) is 27.8 Å². The minimum Gasteiger partial charge on any atom is -0.495 e. The topological polar surface area (TPSA) is 147 Å². The average Bonchev–Trinajstić information content (AvgIpc) is 3.27. The van der Waals surface area contributed by atoms with Gasteiger partial charge in [0.2, 0.25) is 5.91 Å². The molecule has 2 N–H and O–H groups in total. The molecule has 2 rings (SSSR count). The molecule has 0 saturated carbocycles. The highest BCUT2D eigenvalue weighted by Gasteiger charge is 2.19. The predicted octanol–water partition coefficient (Wildman–Crippen LogP) is 17.0. The van der Waals surface area contributed by atoms with Gasteiger partial charge in [-0.1, -0.05) is 206 Å². The van der Waals surface area contributed by atoms with Gasteiger partial charge < -0.3 is 15.4 Å². The Labute approximate surface area is 391 Å². The lowest BCUT2D eigenvalue weighted by molar-refractivity contribution is -0.384. The second kappa shape index (κ2) is 36.8. The smallest absolute Gasteiger partial charge is 0.272 e. The van der Waals surface area contributed by atoms with Crippen molar-refractivity contribution in [1.29, 1.82) is 5.26 Å². The minimum absolute atomic E-state index is 0.00337. The lowest BCUT2D eigenvalue weighted by Crippen LogP contribution is -2.26. The summed E-state index contributed by atoms with van der Waals surface area (Å²) in [6.07, 6.45) is 42.4. The van der Waals surface area contributed by atoms with Crippen LogP contribution >= 0.6 is 15.9 Å². The Hall–Kier alpha value is -3.52. The number of nitro groups is 1. The van der Waals surface area contributed by atoms with Crippen LogP contribution in [0.15, 0.2) is 39.0 Å². The molecule has 0 radical (unpaired) electrons. The molecule has 0 heterocycles. The molecule has 0 atom stereocenters. The zero-order valence-corrected chi connectivity index (χ0v) is 41.5. The molecule has 10 nitrogen and oxygen atoms in total. The van der Waals surface area contributed by atoms with Crippen LogP contribution < -0.4 is 15.4 Å². The number of methoxy groups -OCH3 is 1. The fraction of sp³-hybridized carbons (Fsp3) is 0.731. The number of carbonyl (C=O) groups is 1. The van der Waals surface area contributed by atoms with E-state index in [1.807, 2.05) is 12.1 Å². The maximum atomic E-state index is 12.4. The molecule has 0 spiro atoms. The van der Waals surface area contributed by atoms with E-state index in [2.05, 4.69) is 44.9 Å². The molecule has 63 heavy (non-hydrogen) atoms. The Morgan fingerprint density at radius 3 is 1.41 bits per heavy atom. The molecule has 354 valence electrons.